The molecule has 0 N–H and O–H groups in total. The molecule has 0 atom stereocenters. The van der Waals surface area contributed by atoms with Gasteiger partial charge in [0.1, 0.15) is 5.82 Å². The van der Waals surface area contributed by atoms with Crippen molar-refractivity contribution >= 4 is 33.5 Å². The quantitative estimate of drug-likeness (QED) is 0.515. The Labute approximate surface area is 112 Å². The van der Waals surface area contributed by atoms with Crippen molar-refractivity contribution in [1.82, 2.24) is 4.57 Å². The van der Waals surface area contributed by atoms with E-state index < -0.39 is 26.7 Å². The number of nitrogens with zero attached hydrogens (tertiary/aromatic N) is 1. The van der Waals surface area contributed by atoms with Crippen LogP contribution in [-0.2, 0) is 13.2 Å². The molecule has 96 valence electrons. The summed E-state index contributed by atoms with van der Waals surface area (Å²) < 4.78 is 52.6. The smallest absolute Gasteiger partial charge is 0.310 e. The molecule has 0 aliphatic carbocycles. The number of pyridine rings is 1. The van der Waals surface area contributed by atoms with E-state index in [0.29, 0.717) is 0 Å². The highest BCUT2D eigenvalue weighted by Crippen LogP contribution is 2.36. The summed E-state index contributed by atoms with van der Waals surface area (Å²) in [5, 5.41) is -0.311. The molecule has 0 bridgehead atoms. The molecule has 2 nitrogen and oxygen atoms in total. The zero-order valence-corrected chi connectivity index (χ0v) is 11.1. The molecule has 0 aliphatic rings. The second kappa shape index (κ2) is 4.22. The zero-order valence-electron chi connectivity index (χ0n) is 8.98. The third-order valence-corrected chi connectivity index (χ3v) is 3.59. The number of alkyl halides is 3. The molecule has 7 heteroatoms. The SMILES string of the molecule is Cn1c(=O)c(I)c(C(F)(F)F)c2cc(F)ccc21. The fraction of sp³-hybridized carbons (Fsp3) is 0.182. The van der Waals surface area contributed by atoms with Crippen LogP contribution < -0.4 is 5.56 Å². The van der Waals surface area contributed by atoms with Crippen molar-refractivity contribution in [3.8, 4) is 0 Å². The fourth-order valence-electron chi connectivity index (χ4n) is 1.76. The van der Waals surface area contributed by atoms with Gasteiger partial charge in [0.25, 0.3) is 5.56 Å². The molecule has 0 aliphatic heterocycles. The van der Waals surface area contributed by atoms with Crippen molar-refractivity contribution < 1.29 is 17.6 Å². The Morgan fingerprint density at radius 1 is 1.28 bits per heavy atom. The van der Waals surface area contributed by atoms with Crippen LogP contribution in [0.4, 0.5) is 17.6 Å². The molecule has 18 heavy (non-hydrogen) atoms. The highest BCUT2D eigenvalue weighted by molar-refractivity contribution is 14.1. The summed E-state index contributed by atoms with van der Waals surface area (Å²) in [5.74, 6) is -0.776. The maximum atomic E-state index is 13.1. The summed E-state index contributed by atoms with van der Waals surface area (Å²) >= 11 is 1.34. The first-order valence-corrected chi connectivity index (χ1v) is 5.86. The second-order valence-corrected chi connectivity index (χ2v) is 4.79. The number of aromatic nitrogens is 1. The van der Waals surface area contributed by atoms with Crippen molar-refractivity contribution in [1.29, 1.82) is 0 Å². The van der Waals surface area contributed by atoms with Gasteiger partial charge in [-0.2, -0.15) is 13.2 Å². The molecule has 1 aromatic heterocycles. The molecule has 0 spiro atoms. The molecule has 2 aromatic rings. The number of rotatable bonds is 0. The average Bonchev–Trinajstić information content (AvgIpc) is 2.24. The third kappa shape index (κ3) is 2.00. The van der Waals surface area contributed by atoms with Gasteiger partial charge in [-0.25, -0.2) is 4.39 Å². The summed E-state index contributed by atoms with van der Waals surface area (Å²) in [6.45, 7) is 0. The first-order chi connectivity index (χ1) is 8.23. The van der Waals surface area contributed by atoms with E-state index in [1.165, 1.54) is 29.6 Å². The van der Waals surface area contributed by atoms with E-state index in [1.54, 1.807) is 0 Å². The van der Waals surface area contributed by atoms with Gasteiger partial charge in [-0.3, -0.25) is 4.79 Å². The first kappa shape index (κ1) is 13.3. The molecular formula is C11H6F4INO. The Kier molecular flexibility index (Phi) is 3.12. The Morgan fingerprint density at radius 2 is 1.89 bits per heavy atom. The lowest BCUT2D eigenvalue weighted by molar-refractivity contribution is -0.137. The van der Waals surface area contributed by atoms with Crippen LogP contribution in [0.1, 0.15) is 5.56 Å². The maximum Gasteiger partial charge on any atom is 0.418 e. The van der Waals surface area contributed by atoms with Gasteiger partial charge in [0.05, 0.1) is 14.7 Å². The van der Waals surface area contributed by atoms with Crippen LogP contribution in [0.15, 0.2) is 23.0 Å². The van der Waals surface area contributed by atoms with Gasteiger partial charge in [-0.15, -0.1) is 0 Å². The summed E-state index contributed by atoms with van der Waals surface area (Å²) in [6, 6.07) is 2.98. The molecule has 0 saturated heterocycles. The van der Waals surface area contributed by atoms with E-state index >= 15 is 0 Å². The number of benzene rings is 1. The van der Waals surface area contributed by atoms with Gasteiger partial charge in [0.2, 0.25) is 0 Å². The maximum absolute atomic E-state index is 13.1. The number of aryl methyl sites for hydroxylation is 1. The number of hydrogen-bond donors (Lipinski definition) is 0. The van der Waals surface area contributed by atoms with Crippen molar-refractivity contribution in [2.24, 2.45) is 7.05 Å². The van der Waals surface area contributed by atoms with Gasteiger partial charge in [0.15, 0.2) is 0 Å². The predicted octanol–water partition coefficient (Wildman–Crippen LogP) is 3.30. The number of fused-ring (bicyclic) bond motifs is 1. The number of halogens is 5. The molecule has 0 saturated carbocycles. The summed E-state index contributed by atoms with van der Waals surface area (Å²) in [5.41, 5.74) is -1.78. The predicted molar refractivity (Wildman–Crippen MR) is 66.9 cm³/mol. The topological polar surface area (TPSA) is 22.0 Å². The van der Waals surface area contributed by atoms with Crippen molar-refractivity contribution in [3.63, 3.8) is 0 Å². The van der Waals surface area contributed by atoms with Crippen LogP contribution in [0.2, 0.25) is 0 Å². The fourth-order valence-corrected chi connectivity index (χ4v) is 2.72. The Balaban J connectivity index is 3.09. The van der Waals surface area contributed by atoms with E-state index in [9.17, 15) is 22.4 Å². The van der Waals surface area contributed by atoms with Gasteiger partial charge >= 0.3 is 6.18 Å². The average molecular weight is 371 g/mol. The normalized spacial score (nSPS) is 12.1. The monoisotopic (exact) mass is 371 g/mol. The van der Waals surface area contributed by atoms with Crippen molar-refractivity contribution in [2.75, 3.05) is 0 Å². The van der Waals surface area contributed by atoms with E-state index in [-0.39, 0.29) is 10.9 Å². The lowest BCUT2D eigenvalue weighted by Gasteiger charge is -2.14. The molecule has 2 rings (SSSR count). The molecule has 0 unspecified atom stereocenters. The van der Waals surface area contributed by atoms with Gasteiger partial charge in [0, 0.05) is 12.4 Å². The van der Waals surface area contributed by atoms with E-state index in [4.69, 9.17) is 0 Å². The Hall–Kier alpha value is -1.12. The number of hydrogen-bond acceptors (Lipinski definition) is 1. The van der Waals surface area contributed by atoms with E-state index in [1.807, 2.05) is 0 Å². The van der Waals surface area contributed by atoms with Crippen LogP contribution in [0.5, 0.6) is 0 Å². The molecule has 0 radical (unpaired) electrons. The minimum absolute atomic E-state index is 0.0501. The van der Waals surface area contributed by atoms with E-state index in [0.717, 1.165) is 22.8 Å². The van der Waals surface area contributed by atoms with Gasteiger partial charge in [-0.05, 0) is 40.8 Å². The third-order valence-electron chi connectivity index (χ3n) is 2.58. The minimum Gasteiger partial charge on any atom is -0.310 e. The molecule has 1 aromatic carbocycles. The second-order valence-electron chi connectivity index (χ2n) is 3.71. The molecule has 0 fully saturated rings. The summed E-state index contributed by atoms with van der Waals surface area (Å²) in [4.78, 5) is 11.7. The highest BCUT2D eigenvalue weighted by Gasteiger charge is 2.37. The van der Waals surface area contributed by atoms with Gasteiger partial charge in [-0.1, -0.05) is 0 Å². The Bertz CT molecular complexity index is 690. The molecule has 0 amide bonds. The van der Waals surface area contributed by atoms with Crippen LogP contribution in [0, 0.1) is 9.39 Å². The lowest BCUT2D eigenvalue weighted by Crippen LogP contribution is -2.25. The summed E-state index contributed by atoms with van der Waals surface area (Å²) in [6.07, 6.45) is -4.70. The van der Waals surface area contributed by atoms with Crippen LogP contribution >= 0.6 is 22.6 Å². The highest BCUT2D eigenvalue weighted by atomic mass is 127. The molecule has 1 heterocycles. The van der Waals surface area contributed by atoms with Crippen molar-refractivity contribution in [2.45, 2.75) is 6.18 Å². The van der Waals surface area contributed by atoms with Crippen molar-refractivity contribution in [3.05, 3.63) is 43.5 Å². The van der Waals surface area contributed by atoms with Crippen LogP contribution in [0.25, 0.3) is 10.9 Å². The molecular weight excluding hydrogens is 365 g/mol. The van der Waals surface area contributed by atoms with Crippen LogP contribution in [-0.4, -0.2) is 4.57 Å². The first-order valence-electron chi connectivity index (χ1n) is 4.78. The van der Waals surface area contributed by atoms with Gasteiger partial charge < -0.3 is 4.57 Å². The standard InChI is InChI=1S/C11H6F4INO/c1-17-7-3-2-5(12)4-6(7)8(11(13,14)15)9(16)10(17)18/h2-4H,1H3. The summed E-state index contributed by atoms with van der Waals surface area (Å²) in [7, 11) is 1.35. The largest absolute Gasteiger partial charge is 0.418 e. The minimum atomic E-state index is -4.70. The van der Waals surface area contributed by atoms with E-state index in [2.05, 4.69) is 0 Å². The lowest BCUT2D eigenvalue weighted by atomic mass is 10.1. The zero-order chi connectivity index (χ0) is 13.7. The Morgan fingerprint density at radius 3 is 2.44 bits per heavy atom. The van der Waals surface area contributed by atoms with Crippen LogP contribution in [0.3, 0.4) is 0 Å².